The summed E-state index contributed by atoms with van der Waals surface area (Å²) in [4.78, 5) is 8.76. The van der Waals surface area contributed by atoms with Gasteiger partial charge in [-0.15, -0.1) is 5.10 Å². The Morgan fingerprint density at radius 2 is 1.94 bits per heavy atom. The number of halogens is 1. The number of ether oxygens (including phenoxy) is 2. The fourth-order valence-electron chi connectivity index (χ4n) is 3.30. The van der Waals surface area contributed by atoms with Crippen LogP contribution in [0.2, 0.25) is 5.02 Å². The van der Waals surface area contributed by atoms with Gasteiger partial charge in [0, 0.05) is 23.7 Å². The van der Waals surface area contributed by atoms with E-state index in [1.807, 2.05) is 19.1 Å². The lowest BCUT2D eigenvalue weighted by atomic mass is 10.1. The fourth-order valence-corrected chi connectivity index (χ4v) is 3.91. The minimum absolute atomic E-state index is 0.103. The van der Waals surface area contributed by atoms with Crippen molar-refractivity contribution in [2.45, 2.75) is 25.3 Å². The molecule has 2 atom stereocenters. The van der Waals surface area contributed by atoms with Gasteiger partial charge in [-0.25, -0.2) is 14.6 Å². The Morgan fingerprint density at radius 1 is 1.14 bits per heavy atom. The van der Waals surface area contributed by atoms with Crippen molar-refractivity contribution < 1.29 is 18.2 Å². The molecule has 35 heavy (non-hydrogen) atoms. The Morgan fingerprint density at radius 3 is 2.63 bits per heavy atom. The molecule has 13 heteroatoms. The van der Waals surface area contributed by atoms with Crippen LogP contribution >= 0.6 is 11.6 Å². The maximum absolute atomic E-state index is 11.0. The summed E-state index contributed by atoms with van der Waals surface area (Å²) in [5, 5.41) is 14.6. The predicted octanol–water partition coefficient (Wildman–Crippen LogP) is 3.38. The molecule has 0 bridgehead atoms. The van der Waals surface area contributed by atoms with E-state index in [4.69, 9.17) is 21.1 Å². The van der Waals surface area contributed by atoms with Gasteiger partial charge in [-0.05, 0) is 52.7 Å². The third-order valence-electron chi connectivity index (χ3n) is 4.88. The van der Waals surface area contributed by atoms with Gasteiger partial charge in [-0.1, -0.05) is 34.8 Å². The summed E-state index contributed by atoms with van der Waals surface area (Å²) in [6, 6.07) is 10.5. The van der Waals surface area contributed by atoms with E-state index in [2.05, 4.69) is 30.8 Å². The van der Waals surface area contributed by atoms with E-state index in [9.17, 15) is 8.76 Å². The second-order valence-corrected chi connectivity index (χ2v) is 8.81. The van der Waals surface area contributed by atoms with Gasteiger partial charge in [0.1, 0.15) is 23.9 Å². The van der Waals surface area contributed by atoms with E-state index < -0.39 is 11.1 Å². The molecule has 2 aromatic carbocycles. The van der Waals surface area contributed by atoms with Crippen molar-refractivity contribution in [3.05, 3.63) is 65.7 Å². The lowest BCUT2D eigenvalue weighted by molar-refractivity contribution is 0.193. The van der Waals surface area contributed by atoms with Crippen molar-refractivity contribution >= 4 is 34.3 Å². The van der Waals surface area contributed by atoms with E-state index in [0.717, 1.165) is 11.1 Å². The van der Waals surface area contributed by atoms with Crippen LogP contribution < -0.4 is 14.8 Å². The van der Waals surface area contributed by atoms with Crippen LogP contribution in [0.4, 0.5) is 11.6 Å². The number of aromatic nitrogens is 6. The van der Waals surface area contributed by atoms with Crippen LogP contribution in [-0.4, -0.2) is 52.2 Å². The molecule has 0 aliphatic carbocycles. The molecule has 2 aromatic heterocycles. The summed E-state index contributed by atoms with van der Waals surface area (Å²) in [7, 11) is 1.53. The Kier molecular flexibility index (Phi) is 7.85. The Labute approximate surface area is 208 Å². The van der Waals surface area contributed by atoms with Crippen molar-refractivity contribution in [1.82, 2.24) is 30.2 Å². The molecule has 0 saturated carbocycles. The smallest absolute Gasteiger partial charge is 0.227 e. The van der Waals surface area contributed by atoms with Crippen molar-refractivity contribution in [1.29, 1.82) is 0 Å². The van der Waals surface area contributed by atoms with Gasteiger partial charge >= 0.3 is 0 Å². The molecule has 4 rings (SSSR count). The molecule has 0 fully saturated rings. The van der Waals surface area contributed by atoms with Crippen molar-refractivity contribution in [3.63, 3.8) is 0 Å². The molecule has 2 heterocycles. The number of tetrazole rings is 1. The summed E-state index contributed by atoms with van der Waals surface area (Å²) in [6.07, 6.45) is 4.62. The number of nitrogens with zero attached hydrogens (tertiary/aromatic N) is 6. The van der Waals surface area contributed by atoms with Crippen LogP contribution in [0.3, 0.4) is 0 Å². The quantitative estimate of drug-likeness (QED) is 0.313. The van der Waals surface area contributed by atoms with Crippen LogP contribution in [0.15, 0.2) is 55.1 Å². The third kappa shape index (κ3) is 6.50. The molecule has 1 N–H and O–H groups in total. The minimum Gasteiger partial charge on any atom is -0.772 e. The maximum atomic E-state index is 11.0. The van der Waals surface area contributed by atoms with Gasteiger partial charge in [0.25, 0.3) is 0 Å². The van der Waals surface area contributed by atoms with Gasteiger partial charge in [0.05, 0.1) is 24.4 Å². The first-order valence-electron chi connectivity index (χ1n) is 10.4. The molecular weight excluding hydrogens is 494 g/mol. The number of rotatable bonds is 10. The number of anilines is 2. The number of hydrogen-bond donors (Lipinski definition) is 1. The molecule has 11 nitrogen and oxygen atoms in total. The normalized spacial score (nSPS) is 12.7. The van der Waals surface area contributed by atoms with Crippen molar-refractivity contribution in [3.8, 4) is 22.6 Å². The van der Waals surface area contributed by atoms with E-state index in [0.29, 0.717) is 40.3 Å². The number of nitrogens with one attached hydrogen (secondary N) is 1. The largest absolute Gasteiger partial charge is 0.772 e. The second-order valence-electron chi connectivity index (χ2n) is 7.51. The monoisotopic (exact) mass is 514 g/mol. The first kappa shape index (κ1) is 24.5. The first-order chi connectivity index (χ1) is 16.9. The molecule has 0 aliphatic heterocycles. The lowest BCUT2D eigenvalue weighted by Crippen LogP contribution is -2.20. The van der Waals surface area contributed by atoms with Crippen LogP contribution in [0.25, 0.3) is 11.1 Å². The van der Waals surface area contributed by atoms with Crippen molar-refractivity contribution in [2.75, 3.05) is 12.4 Å². The third-order valence-corrected chi connectivity index (χ3v) is 5.76. The average molecular weight is 515 g/mol. The molecule has 1 unspecified atom stereocenters. The molecule has 182 valence electrons. The standard InChI is InChI=1S/C22H22ClN7O4S/c1-14(11-30-13-26-28-29-30)34-21-8-16(4-5-18(21)23)17-9-24-22(25-10-17)27-19-7-15(12-35(31)32)3-6-20(19)33-2/h3-10,13-14H,11-12H2,1-2H3,(H,31,32)(H,24,25,27)/p-1/t14-/m0/s1. The van der Waals surface area contributed by atoms with Gasteiger partial charge in [-0.3, -0.25) is 4.21 Å². The maximum Gasteiger partial charge on any atom is 0.227 e. The number of benzene rings is 2. The Balaban J connectivity index is 1.49. The number of hydrogen-bond acceptors (Lipinski definition) is 10. The zero-order valence-corrected chi connectivity index (χ0v) is 20.4. The van der Waals surface area contributed by atoms with E-state index in [1.54, 1.807) is 41.3 Å². The first-order valence-corrected chi connectivity index (χ1v) is 12.0. The van der Waals surface area contributed by atoms with E-state index >= 15 is 0 Å². The molecule has 0 spiro atoms. The van der Waals surface area contributed by atoms with Crippen LogP contribution in [0.1, 0.15) is 12.5 Å². The highest BCUT2D eigenvalue weighted by atomic mass is 35.5. The molecular formula is C22H21ClN7O4S-. The fraction of sp³-hybridized carbons (Fsp3) is 0.227. The Bertz CT molecular complexity index is 1310. The average Bonchev–Trinajstić information content (AvgIpc) is 3.34. The summed E-state index contributed by atoms with van der Waals surface area (Å²) in [5.74, 6) is 1.28. The minimum atomic E-state index is -2.20. The SMILES string of the molecule is COc1ccc(CS(=O)[O-])cc1Nc1ncc(-c2ccc(Cl)c(O[C@@H](C)Cn3cnnn3)c2)cn1. The highest BCUT2D eigenvalue weighted by Crippen LogP contribution is 2.32. The zero-order valence-electron chi connectivity index (χ0n) is 18.8. The molecule has 0 aliphatic rings. The molecule has 4 aromatic rings. The number of methoxy groups -OCH3 is 1. The second kappa shape index (κ2) is 11.2. The van der Waals surface area contributed by atoms with Crippen LogP contribution in [0.5, 0.6) is 11.5 Å². The summed E-state index contributed by atoms with van der Waals surface area (Å²) in [5.41, 5.74) is 2.75. The topological polar surface area (TPSA) is 140 Å². The molecule has 0 radical (unpaired) electrons. The molecule has 0 amide bonds. The van der Waals surface area contributed by atoms with Gasteiger partial charge < -0.3 is 19.3 Å². The predicted molar refractivity (Wildman–Crippen MR) is 129 cm³/mol. The van der Waals surface area contributed by atoms with Gasteiger partial charge in [0.15, 0.2) is 0 Å². The van der Waals surface area contributed by atoms with Gasteiger partial charge in [0.2, 0.25) is 5.95 Å². The summed E-state index contributed by atoms with van der Waals surface area (Å²) >= 11 is 4.13. The summed E-state index contributed by atoms with van der Waals surface area (Å²) in [6.45, 7) is 2.36. The Hall–Kier alpha value is -3.61. The summed E-state index contributed by atoms with van der Waals surface area (Å²) < 4.78 is 35.0. The van der Waals surface area contributed by atoms with Crippen LogP contribution in [-0.2, 0) is 23.4 Å². The van der Waals surface area contributed by atoms with Crippen molar-refractivity contribution in [2.24, 2.45) is 0 Å². The highest BCUT2D eigenvalue weighted by molar-refractivity contribution is 7.78. The lowest BCUT2D eigenvalue weighted by Gasteiger charge is -2.16. The van der Waals surface area contributed by atoms with E-state index in [1.165, 1.54) is 13.4 Å². The van der Waals surface area contributed by atoms with Crippen LogP contribution in [0, 0.1) is 0 Å². The van der Waals surface area contributed by atoms with E-state index in [-0.39, 0.29) is 11.9 Å². The zero-order chi connectivity index (χ0) is 24.8. The highest BCUT2D eigenvalue weighted by Gasteiger charge is 2.12. The van der Waals surface area contributed by atoms with Gasteiger partial charge in [-0.2, -0.15) is 0 Å². The molecule has 0 saturated heterocycles.